The molecular formula is C14H25Cl2N3OS. The highest BCUT2D eigenvalue weighted by molar-refractivity contribution is 7.09. The molecule has 1 aromatic rings. The number of carbonyl (C=O) groups is 1. The fourth-order valence-corrected chi connectivity index (χ4v) is 3.58. The first-order valence-electron chi connectivity index (χ1n) is 7.02. The maximum Gasteiger partial charge on any atom is 0.271 e. The first kappa shape index (κ1) is 20.6. The van der Waals surface area contributed by atoms with Gasteiger partial charge in [0.05, 0.1) is 10.5 Å². The molecule has 2 rings (SSSR count). The number of rotatable bonds is 5. The van der Waals surface area contributed by atoms with E-state index in [4.69, 9.17) is 5.73 Å². The molecule has 1 heterocycles. The molecule has 0 radical (unpaired) electrons. The van der Waals surface area contributed by atoms with E-state index >= 15 is 0 Å². The van der Waals surface area contributed by atoms with E-state index in [2.05, 4.69) is 24.1 Å². The van der Waals surface area contributed by atoms with E-state index < -0.39 is 0 Å². The molecule has 0 saturated heterocycles. The van der Waals surface area contributed by atoms with Crippen LogP contribution in [0.15, 0.2) is 5.38 Å². The smallest absolute Gasteiger partial charge is 0.271 e. The molecule has 4 nitrogen and oxygen atoms in total. The zero-order chi connectivity index (χ0) is 13.9. The lowest BCUT2D eigenvalue weighted by molar-refractivity contribution is 0.0898. The van der Waals surface area contributed by atoms with E-state index in [0.717, 1.165) is 37.1 Å². The van der Waals surface area contributed by atoms with Gasteiger partial charge in [-0.1, -0.05) is 26.7 Å². The number of thiazole rings is 1. The number of nitrogens with zero attached hydrogens (tertiary/aromatic N) is 1. The number of aromatic nitrogens is 1. The minimum atomic E-state index is -0.196. The molecule has 0 aliphatic heterocycles. The van der Waals surface area contributed by atoms with Gasteiger partial charge in [0, 0.05) is 18.3 Å². The van der Waals surface area contributed by atoms with Crippen molar-refractivity contribution in [1.29, 1.82) is 0 Å². The maximum atomic E-state index is 12.2. The molecule has 0 aromatic carbocycles. The summed E-state index contributed by atoms with van der Waals surface area (Å²) in [5, 5.41) is 5.99. The molecule has 7 heteroatoms. The Bertz CT molecular complexity index is 445. The van der Waals surface area contributed by atoms with E-state index in [1.807, 2.05) is 5.38 Å². The average molecular weight is 354 g/mol. The lowest BCUT2D eigenvalue weighted by Crippen LogP contribution is -2.51. The molecule has 0 atom stereocenters. The highest BCUT2D eigenvalue weighted by atomic mass is 35.5. The number of halogens is 2. The number of hydrogen-bond acceptors (Lipinski definition) is 4. The lowest BCUT2D eigenvalue weighted by atomic mass is 9.98. The molecule has 1 aliphatic rings. The highest BCUT2D eigenvalue weighted by Gasteiger charge is 2.34. The van der Waals surface area contributed by atoms with Crippen molar-refractivity contribution in [2.45, 2.75) is 51.5 Å². The lowest BCUT2D eigenvalue weighted by Gasteiger charge is -2.28. The van der Waals surface area contributed by atoms with Gasteiger partial charge in [-0.25, -0.2) is 4.98 Å². The van der Waals surface area contributed by atoms with Crippen molar-refractivity contribution >= 4 is 42.1 Å². The predicted octanol–water partition coefficient (Wildman–Crippen LogP) is 3.19. The van der Waals surface area contributed by atoms with Crippen LogP contribution in [0.2, 0.25) is 0 Å². The Labute approximate surface area is 143 Å². The summed E-state index contributed by atoms with van der Waals surface area (Å²) in [4.78, 5) is 16.7. The van der Waals surface area contributed by atoms with Gasteiger partial charge in [0.25, 0.3) is 5.91 Å². The fraction of sp³-hybridized carbons (Fsp3) is 0.714. The van der Waals surface area contributed by atoms with Crippen LogP contribution < -0.4 is 11.1 Å². The van der Waals surface area contributed by atoms with E-state index in [9.17, 15) is 4.79 Å². The Morgan fingerprint density at radius 3 is 2.57 bits per heavy atom. The summed E-state index contributed by atoms with van der Waals surface area (Å²) in [7, 11) is 0. The summed E-state index contributed by atoms with van der Waals surface area (Å²) in [6, 6.07) is 0. The Hall–Kier alpha value is -0.360. The third-order valence-electron chi connectivity index (χ3n) is 3.70. The molecule has 1 aliphatic carbocycles. The van der Waals surface area contributed by atoms with Gasteiger partial charge in [-0.15, -0.1) is 36.2 Å². The monoisotopic (exact) mass is 353 g/mol. The SMILES string of the molecule is CC(C)Cc1nc(C(=O)NC2(CN)CCCC2)cs1.Cl.Cl. The number of nitrogens with one attached hydrogen (secondary N) is 1. The second-order valence-electron chi connectivity index (χ2n) is 5.87. The first-order valence-corrected chi connectivity index (χ1v) is 7.89. The molecule has 1 fully saturated rings. The Morgan fingerprint density at radius 1 is 1.43 bits per heavy atom. The van der Waals surface area contributed by atoms with E-state index in [0.29, 0.717) is 18.2 Å². The second kappa shape index (κ2) is 8.93. The van der Waals surface area contributed by atoms with Gasteiger partial charge >= 0.3 is 0 Å². The number of carbonyl (C=O) groups excluding carboxylic acids is 1. The quantitative estimate of drug-likeness (QED) is 0.853. The van der Waals surface area contributed by atoms with Gasteiger partial charge in [-0.2, -0.15) is 0 Å². The Balaban J connectivity index is 0.00000200. The van der Waals surface area contributed by atoms with Crippen molar-refractivity contribution in [2.24, 2.45) is 11.7 Å². The van der Waals surface area contributed by atoms with Crippen molar-refractivity contribution in [3.05, 3.63) is 16.1 Å². The molecule has 0 bridgehead atoms. The van der Waals surface area contributed by atoms with Crippen LogP contribution in [-0.2, 0) is 6.42 Å². The third kappa shape index (κ3) is 5.40. The third-order valence-corrected chi connectivity index (χ3v) is 4.57. The van der Waals surface area contributed by atoms with Crippen LogP contribution in [0, 0.1) is 5.92 Å². The normalized spacial score (nSPS) is 16.2. The summed E-state index contributed by atoms with van der Waals surface area (Å²) in [5.74, 6) is 0.492. The first-order chi connectivity index (χ1) is 9.04. The van der Waals surface area contributed by atoms with Crippen LogP contribution in [-0.4, -0.2) is 23.0 Å². The standard InChI is InChI=1S/C14H23N3OS.2ClH/c1-10(2)7-12-16-11(8-19-12)13(18)17-14(9-15)5-3-4-6-14;;/h8,10H,3-7,9,15H2,1-2H3,(H,17,18);2*1H. The largest absolute Gasteiger partial charge is 0.344 e. The van der Waals surface area contributed by atoms with Gasteiger partial charge in [-0.3, -0.25) is 4.79 Å². The van der Waals surface area contributed by atoms with Crippen molar-refractivity contribution in [3.8, 4) is 0 Å². The topological polar surface area (TPSA) is 68.0 Å². The molecule has 0 unspecified atom stereocenters. The minimum absolute atomic E-state index is 0. The van der Waals surface area contributed by atoms with Crippen LogP contribution in [0.4, 0.5) is 0 Å². The zero-order valence-corrected chi connectivity index (χ0v) is 15.0. The van der Waals surface area contributed by atoms with Crippen molar-refractivity contribution < 1.29 is 4.79 Å². The highest BCUT2D eigenvalue weighted by Crippen LogP contribution is 2.29. The van der Waals surface area contributed by atoms with Gasteiger partial charge in [0.2, 0.25) is 0 Å². The summed E-state index contributed by atoms with van der Waals surface area (Å²) < 4.78 is 0. The van der Waals surface area contributed by atoms with Crippen LogP contribution >= 0.6 is 36.2 Å². The number of amides is 1. The van der Waals surface area contributed by atoms with Crippen molar-refractivity contribution in [2.75, 3.05) is 6.54 Å². The summed E-state index contributed by atoms with van der Waals surface area (Å²) >= 11 is 1.57. The molecule has 0 spiro atoms. The molecule has 1 saturated carbocycles. The van der Waals surface area contributed by atoms with Crippen molar-refractivity contribution in [1.82, 2.24) is 10.3 Å². The molecular weight excluding hydrogens is 329 g/mol. The van der Waals surface area contributed by atoms with Crippen molar-refractivity contribution in [3.63, 3.8) is 0 Å². The van der Waals surface area contributed by atoms with Crippen LogP contribution in [0.3, 0.4) is 0 Å². The predicted molar refractivity (Wildman–Crippen MR) is 92.9 cm³/mol. The second-order valence-corrected chi connectivity index (χ2v) is 6.81. The van der Waals surface area contributed by atoms with Gasteiger partial charge in [0.1, 0.15) is 5.69 Å². The zero-order valence-electron chi connectivity index (χ0n) is 12.6. The average Bonchev–Trinajstić information content (AvgIpc) is 2.98. The molecule has 21 heavy (non-hydrogen) atoms. The summed E-state index contributed by atoms with van der Waals surface area (Å²) in [5.41, 5.74) is 6.18. The van der Waals surface area contributed by atoms with E-state index in [1.165, 1.54) is 0 Å². The van der Waals surface area contributed by atoms with Gasteiger partial charge in [-0.05, 0) is 18.8 Å². The summed E-state index contributed by atoms with van der Waals surface area (Å²) in [6.45, 7) is 4.83. The van der Waals surface area contributed by atoms with E-state index in [-0.39, 0.29) is 36.3 Å². The molecule has 1 aromatic heterocycles. The van der Waals surface area contributed by atoms with E-state index in [1.54, 1.807) is 11.3 Å². The maximum absolute atomic E-state index is 12.2. The summed E-state index contributed by atoms with van der Waals surface area (Å²) in [6.07, 6.45) is 5.19. The molecule has 1 amide bonds. The number of hydrogen-bond donors (Lipinski definition) is 2. The van der Waals surface area contributed by atoms with Crippen LogP contribution in [0.25, 0.3) is 0 Å². The van der Waals surface area contributed by atoms with Gasteiger partial charge in [0.15, 0.2) is 0 Å². The number of nitrogens with two attached hydrogens (primary N) is 1. The molecule has 122 valence electrons. The minimum Gasteiger partial charge on any atom is -0.344 e. The van der Waals surface area contributed by atoms with Crippen LogP contribution in [0.1, 0.15) is 55.0 Å². The molecule has 3 N–H and O–H groups in total. The van der Waals surface area contributed by atoms with Gasteiger partial charge < -0.3 is 11.1 Å². The Morgan fingerprint density at radius 2 is 2.05 bits per heavy atom. The van der Waals surface area contributed by atoms with Crippen LogP contribution in [0.5, 0.6) is 0 Å². The Kier molecular flexibility index (Phi) is 8.78. The fourth-order valence-electron chi connectivity index (χ4n) is 2.59.